The molecule has 0 amide bonds. The van der Waals surface area contributed by atoms with Gasteiger partial charge in [0.2, 0.25) is 0 Å². The lowest BCUT2D eigenvalue weighted by molar-refractivity contribution is 1.36. The van der Waals surface area contributed by atoms with Gasteiger partial charge in [-0.2, -0.15) is 45.3 Å². The van der Waals surface area contributed by atoms with Crippen LogP contribution in [0.5, 0.6) is 0 Å². The summed E-state index contributed by atoms with van der Waals surface area (Å²) in [6.07, 6.45) is 0. The first-order valence-corrected chi connectivity index (χ1v) is 16.6. The number of hydrogen-bond acceptors (Lipinski definition) is 4. The maximum absolute atomic E-state index is 3.73. The zero-order valence-electron chi connectivity index (χ0n) is 20.9. The van der Waals surface area contributed by atoms with Crippen LogP contribution < -0.4 is 0 Å². The Morgan fingerprint density at radius 1 is 0.250 bits per heavy atom. The average molecular weight is 589 g/mol. The van der Waals surface area contributed by atoms with Crippen molar-refractivity contribution in [3.05, 3.63) is 91.6 Å². The molecule has 0 spiro atoms. The van der Waals surface area contributed by atoms with Crippen molar-refractivity contribution in [2.24, 2.45) is 0 Å². The Morgan fingerprint density at radius 2 is 0.400 bits per heavy atom. The van der Waals surface area contributed by atoms with E-state index in [1.165, 1.54) is 44.5 Å². The Labute approximate surface area is 245 Å². The summed E-state index contributed by atoms with van der Waals surface area (Å²) in [4.78, 5) is 14.9. The summed E-state index contributed by atoms with van der Waals surface area (Å²) in [5.74, 6) is 0. The van der Waals surface area contributed by atoms with Gasteiger partial charge in [0.15, 0.2) is 0 Å². The molecule has 0 saturated carbocycles. The molecule has 40 heavy (non-hydrogen) atoms. The molecule has 0 aliphatic carbocycles. The van der Waals surface area contributed by atoms with Gasteiger partial charge in [-0.25, -0.2) is 0 Å². The minimum absolute atomic E-state index is 1.12. The van der Waals surface area contributed by atoms with Gasteiger partial charge >= 0.3 is 0 Å². The molecular weight excluding hydrogens is 569 g/mol. The third-order valence-corrected chi connectivity index (χ3v) is 10.7. The molecule has 1 aliphatic rings. The first kappa shape index (κ1) is 22.7. The Bertz CT molecular complexity index is 1710. The second-order valence-electron chi connectivity index (χ2n) is 9.94. The van der Waals surface area contributed by atoms with E-state index in [-0.39, 0.29) is 0 Å². The number of hydrogen-bond donors (Lipinski definition) is 4. The summed E-state index contributed by atoms with van der Waals surface area (Å²) >= 11 is 6.93. The van der Waals surface area contributed by atoms with Gasteiger partial charge in [0.1, 0.15) is 0 Å². The van der Waals surface area contributed by atoms with Crippen molar-refractivity contribution in [1.82, 2.24) is 19.9 Å². The minimum atomic E-state index is 1.12. The summed E-state index contributed by atoms with van der Waals surface area (Å²) < 4.78 is 0. The average Bonchev–Trinajstić information content (AvgIpc) is 3.84. The van der Waals surface area contributed by atoms with Crippen molar-refractivity contribution in [1.29, 1.82) is 0 Å². The predicted octanol–water partition coefficient (Wildman–Crippen LogP) is 10.9. The number of rotatable bonds is 0. The van der Waals surface area contributed by atoms with Gasteiger partial charge < -0.3 is 19.9 Å². The molecule has 0 radical (unpaired) electrons. The van der Waals surface area contributed by atoms with E-state index < -0.39 is 0 Å². The van der Waals surface area contributed by atoms with Crippen LogP contribution >= 0.6 is 45.3 Å². The van der Waals surface area contributed by atoms with Crippen molar-refractivity contribution in [2.45, 2.75) is 0 Å². The molecule has 9 rings (SSSR count). The Morgan fingerprint density at radius 3 is 0.550 bits per heavy atom. The summed E-state index contributed by atoms with van der Waals surface area (Å²) in [6, 6.07) is 17.6. The zero-order valence-corrected chi connectivity index (χ0v) is 24.1. The van der Waals surface area contributed by atoms with Crippen molar-refractivity contribution >= 4 is 45.3 Å². The van der Waals surface area contributed by atoms with Gasteiger partial charge in [-0.3, -0.25) is 0 Å². The maximum atomic E-state index is 3.73. The highest BCUT2D eigenvalue weighted by atomic mass is 32.1. The highest BCUT2D eigenvalue weighted by Gasteiger charge is 2.19. The van der Waals surface area contributed by atoms with E-state index in [9.17, 15) is 0 Å². The van der Waals surface area contributed by atoms with Crippen LogP contribution in [0.3, 0.4) is 0 Å². The van der Waals surface area contributed by atoms with Crippen LogP contribution in [0.2, 0.25) is 0 Å². The fourth-order valence-corrected chi connectivity index (χ4v) is 9.09. The molecule has 192 valence electrons. The molecule has 8 aromatic heterocycles. The van der Waals surface area contributed by atoms with E-state index in [1.54, 1.807) is 45.3 Å². The van der Waals surface area contributed by atoms with Gasteiger partial charge in [-0.1, -0.05) is 0 Å². The molecule has 4 N–H and O–H groups in total. The molecule has 1 aliphatic heterocycles. The third-order valence-electron chi connectivity index (χ3n) is 7.71. The number of H-pyrrole nitrogens is 4. The number of fused-ring (bicyclic) bond motifs is 20. The van der Waals surface area contributed by atoms with E-state index in [1.807, 2.05) is 0 Å². The van der Waals surface area contributed by atoms with Crippen LogP contribution in [0.25, 0.3) is 90.1 Å². The van der Waals surface area contributed by atoms with Crippen molar-refractivity contribution in [3.8, 4) is 90.1 Å². The van der Waals surface area contributed by atoms with Gasteiger partial charge in [0, 0.05) is 133 Å². The molecule has 0 saturated heterocycles. The Balaban J connectivity index is 1.28. The molecule has 4 nitrogen and oxygen atoms in total. The maximum Gasteiger partial charge on any atom is 0.0474 e. The molecule has 0 atom stereocenters. The third kappa shape index (κ3) is 3.40. The van der Waals surface area contributed by atoms with Gasteiger partial charge in [-0.05, 0) is 48.5 Å². The van der Waals surface area contributed by atoms with Crippen LogP contribution in [-0.4, -0.2) is 19.9 Å². The quantitative estimate of drug-likeness (QED) is 0.136. The lowest BCUT2D eigenvalue weighted by Crippen LogP contribution is -1.85. The monoisotopic (exact) mass is 588 g/mol. The Hall–Kier alpha value is -4.08. The van der Waals surface area contributed by atoms with Crippen molar-refractivity contribution in [3.63, 3.8) is 0 Å². The highest BCUT2D eigenvalue weighted by Crippen LogP contribution is 2.43. The number of nitrogens with one attached hydrogen (secondary N) is 4. The summed E-state index contributed by atoms with van der Waals surface area (Å²) in [5.41, 5.74) is 18.7. The molecule has 0 aromatic carbocycles. The minimum Gasteiger partial charge on any atom is -0.354 e. The smallest absolute Gasteiger partial charge is 0.0474 e. The SMILES string of the molecule is c1cc2[nH]c1-c1cscc1-c1ccc([nH]1)-c1cscc1-c1ccc([nH]1)-c1cscc1-c1ccc([nH]1)-c1cscc1-2. The lowest BCUT2D eigenvalue weighted by Gasteiger charge is -2.05. The molecule has 8 aromatic rings. The number of aromatic amines is 4. The molecule has 8 bridgehead atoms. The summed E-state index contributed by atoms with van der Waals surface area (Å²) in [5, 5.41) is 17.9. The second-order valence-corrected chi connectivity index (χ2v) is 12.9. The fraction of sp³-hybridized carbons (Fsp3) is 0. The van der Waals surface area contributed by atoms with E-state index >= 15 is 0 Å². The standard InChI is InChI=1S/C32H20N4S4/c1-2-26-19-11-38-12-20(19)28-5-6-30(35-28)23-15-40-16-24(23)32-8-7-31(36-32)22-14-39-13-21(22)29-4-3-27(34-29)18-10-37-9-17(18)25(1)33-26/h1-16,33-36H. The van der Waals surface area contributed by atoms with E-state index in [4.69, 9.17) is 0 Å². The molecular formula is C32H20N4S4. The van der Waals surface area contributed by atoms with E-state index in [0.29, 0.717) is 0 Å². The normalized spacial score (nSPS) is 12.0. The van der Waals surface area contributed by atoms with Crippen LogP contribution in [0.1, 0.15) is 0 Å². The van der Waals surface area contributed by atoms with Crippen molar-refractivity contribution < 1.29 is 0 Å². The van der Waals surface area contributed by atoms with Gasteiger partial charge in [0.05, 0.1) is 0 Å². The highest BCUT2D eigenvalue weighted by molar-refractivity contribution is 7.09. The largest absolute Gasteiger partial charge is 0.354 e. The first-order valence-electron chi connectivity index (χ1n) is 12.8. The molecule has 8 heteroatoms. The van der Waals surface area contributed by atoms with Crippen LogP contribution in [-0.2, 0) is 0 Å². The second kappa shape index (κ2) is 8.71. The van der Waals surface area contributed by atoms with Crippen molar-refractivity contribution in [2.75, 3.05) is 0 Å². The van der Waals surface area contributed by atoms with Crippen LogP contribution in [0.4, 0.5) is 0 Å². The lowest BCUT2D eigenvalue weighted by atomic mass is 10.1. The van der Waals surface area contributed by atoms with Crippen LogP contribution in [0, 0.1) is 0 Å². The van der Waals surface area contributed by atoms with Gasteiger partial charge in [0.25, 0.3) is 0 Å². The molecule has 9 heterocycles. The summed E-state index contributed by atoms with van der Waals surface area (Å²) in [6.45, 7) is 0. The van der Waals surface area contributed by atoms with E-state index in [0.717, 1.165) is 45.6 Å². The predicted molar refractivity (Wildman–Crippen MR) is 172 cm³/mol. The first-order chi connectivity index (χ1) is 19.8. The van der Waals surface area contributed by atoms with E-state index in [2.05, 4.69) is 112 Å². The molecule has 0 unspecified atom stereocenters. The fourth-order valence-electron chi connectivity index (χ4n) is 5.69. The topological polar surface area (TPSA) is 63.2 Å². The zero-order chi connectivity index (χ0) is 26.2. The summed E-state index contributed by atoms with van der Waals surface area (Å²) in [7, 11) is 0. The number of aromatic nitrogens is 4. The van der Waals surface area contributed by atoms with Gasteiger partial charge in [-0.15, -0.1) is 0 Å². The Kier molecular flexibility index (Phi) is 4.94. The molecule has 0 fully saturated rings. The van der Waals surface area contributed by atoms with Crippen LogP contribution in [0.15, 0.2) is 91.6 Å². The number of thiophene rings is 4.